The molecule has 0 aliphatic rings. The van der Waals surface area contributed by atoms with Crippen molar-refractivity contribution in [1.82, 2.24) is 9.97 Å². The Morgan fingerprint density at radius 1 is 1.20 bits per heavy atom. The van der Waals surface area contributed by atoms with Crippen LogP contribution in [0.2, 0.25) is 0 Å². The third-order valence-corrected chi connectivity index (χ3v) is 2.01. The molecule has 1 N–H and O–H groups in total. The van der Waals surface area contributed by atoms with Gasteiger partial charge in [0, 0.05) is 18.7 Å². The SMILES string of the molecule is O=c1ccnc(Cc2ccc(F)cc2)[nH]1. The summed E-state index contributed by atoms with van der Waals surface area (Å²) in [6, 6.07) is 7.46. The van der Waals surface area contributed by atoms with Gasteiger partial charge in [0.25, 0.3) is 5.56 Å². The average molecular weight is 204 g/mol. The first-order valence-electron chi connectivity index (χ1n) is 4.53. The number of benzene rings is 1. The van der Waals surface area contributed by atoms with Gasteiger partial charge in [0.05, 0.1) is 0 Å². The third kappa shape index (κ3) is 2.49. The standard InChI is InChI=1S/C11H9FN2O/c12-9-3-1-8(2-4-9)7-10-13-6-5-11(15)14-10/h1-6H,7H2,(H,13,14,15). The number of aromatic amines is 1. The smallest absolute Gasteiger partial charge is 0.250 e. The van der Waals surface area contributed by atoms with E-state index in [1.165, 1.54) is 24.4 Å². The van der Waals surface area contributed by atoms with Crippen LogP contribution >= 0.6 is 0 Å². The van der Waals surface area contributed by atoms with E-state index >= 15 is 0 Å². The van der Waals surface area contributed by atoms with E-state index in [1.807, 2.05) is 0 Å². The lowest BCUT2D eigenvalue weighted by atomic mass is 10.1. The monoisotopic (exact) mass is 204 g/mol. The number of rotatable bonds is 2. The van der Waals surface area contributed by atoms with Crippen LogP contribution in [0.4, 0.5) is 4.39 Å². The summed E-state index contributed by atoms with van der Waals surface area (Å²) < 4.78 is 12.6. The molecule has 0 unspecified atom stereocenters. The van der Waals surface area contributed by atoms with Gasteiger partial charge in [-0.05, 0) is 17.7 Å². The first kappa shape index (κ1) is 9.58. The first-order chi connectivity index (χ1) is 7.24. The van der Waals surface area contributed by atoms with Crippen LogP contribution in [-0.2, 0) is 6.42 Å². The van der Waals surface area contributed by atoms with Crippen LogP contribution in [0.25, 0.3) is 0 Å². The molecular weight excluding hydrogens is 195 g/mol. The molecule has 3 nitrogen and oxygen atoms in total. The molecule has 4 heteroatoms. The minimum Gasteiger partial charge on any atom is -0.310 e. The maximum absolute atomic E-state index is 12.6. The number of hydrogen-bond donors (Lipinski definition) is 1. The summed E-state index contributed by atoms with van der Waals surface area (Å²) in [4.78, 5) is 17.6. The summed E-state index contributed by atoms with van der Waals surface area (Å²) in [5.41, 5.74) is 0.730. The zero-order valence-corrected chi connectivity index (χ0v) is 7.90. The maximum Gasteiger partial charge on any atom is 0.250 e. The minimum atomic E-state index is -0.270. The summed E-state index contributed by atoms with van der Waals surface area (Å²) in [7, 11) is 0. The molecule has 76 valence electrons. The maximum atomic E-state index is 12.6. The van der Waals surface area contributed by atoms with Gasteiger partial charge in [-0.3, -0.25) is 4.79 Å². The molecule has 0 aliphatic carbocycles. The lowest BCUT2D eigenvalue weighted by Crippen LogP contribution is -2.09. The minimum absolute atomic E-state index is 0.179. The van der Waals surface area contributed by atoms with Gasteiger partial charge in [0.1, 0.15) is 11.6 Å². The zero-order chi connectivity index (χ0) is 10.7. The molecule has 2 aromatic rings. The Morgan fingerprint density at radius 2 is 1.93 bits per heavy atom. The predicted molar refractivity (Wildman–Crippen MR) is 54.1 cm³/mol. The molecule has 0 atom stereocenters. The van der Waals surface area contributed by atoms with E-state index in [0.717, 1.165) is 5.56 Å². The number of H-pyrrole nitrogens is 1. The van der Waals surface area contributed by atoms with Crippen molar-refractivity contribution in [2.45, 2.75) is 6.42 Å². The molecule has 0 amide bonds. The number of hydrogen-bond acceptors (Lipinski definition) is 2. The fourth-order valence-corrected chi connectivity index (χ4v) is 1.30. The highest BCUT2D eigenvalue weighted by Gasteiger charge is 1.98. The Hall–Kier alpha value is -1.97. The summed E-state index contributed by atoms with van der Waals surface area (Å²) in [5.74, 6) is 0.308. The second-order valence-corrected chi connectivity index (χ2v) is 3.18. The summed E-state index contributed by atoms with van der Waals surface area (Å²) in [6.45, 7) is 0. The lowest BCUT2D eigenvalue weighted by molar-refractivity contribution is 0.627. The molecule has 0 saturated carbocycles. The van der Waals surface area contributed by atoms with Crippen molar-refractivity contribution in [3.63, 3.8) is 0 Å². The normalized spacial score (nSPS) is 10.2. The Balaban J connectivity index is 2.22. The van der Waals surface area contributed by atoms with Crippen LogP contribution in [0.15, 0.2) is 41.3 Å². The zero-order valence-electron chi connectivity index (χ0n) is 7.90. The lowest BCUT2D eigenvalue weighted by Gasteiger charge is -1.99. The van der Waals surface area contributed by atoms with E-state index in [4.69, 9.17) is 0 Å². The molecule has 1 heterocycles. The molecule has 1 aromatic carbocycles. The number of halogens is 1. The number of nitrogens with zero attached hydrogens (tertiary/aromatic N) is 1. The number of aromatic nitrogens is 2. The quantitative estimate of drug-likeness (QED) is 0.805. The van der Waals surface area contributed by atoms with Crippen molar-refractivity contribution in [1.29, 1.82) is 0 Å². The van der Waals surface area contributed by atoms with E-state index in [1.54, 1.807) is 12.1 Å². The van der Waals surface area contributed by atoms with E-state index in [0.29, 0.717) is 12.2 Å². The van der Waals surface area contributed by atoms with Crippen molar-refractivity contribution in [2.24, 2.45) is 0 Å². The Bertz CT molecular complexity index is 504. The van der Waals surface area contributed by atoms with Crippen molar-refractivity contribution >= 4 is 0 Å². The first-order valence-corrected chi connectivity index (χ1v) is 4.53. The topological polar surface area (TPSA) is 45.8 Å². The van der Waals surface area contributed by atoms with Gasteiger partial charge in [-0.15, -0.1) is 0 Å². The fraction of sp³-hybridized carbons (Fsp3) is 0.0909. The molecule has 0 spiro atoms. The Morgan fingerprint density at radius 3 is 2.60 bits per heavy atom. The molecule has 0 saturated heterocycles. The van der Waals surface area contributed by atoms with Gasteiger partial charge < -0.3 is 4.98 Å². The highest BCUT2D eigenvalue weighted by Crippen LogP contribution is 2.05. The van der Waals surface area contributed by atoms with Crippen LogP contribution in [0.1, 0.15) is 11.4 Å². The Labute approximate surface area is 85.6 Å². The van der Waals surface area contributed by atoms with E-state index in [2.05, 4.69) is 9.97 Å². The van der Waals surface area contributed by atoms with Crippen molar-refractivity contribution in [3.8, 4) is 0 Å². The van der Waals surface area contributed by atoms with Gasteiger partial charge in [-0.2, -0.15) is 0 Å². The van der Waals surface area contributed by atoms with Crippen molar-refractivity contribution < 1.29 is 4.39 Å². The van der Waals surface area contributed by atoms with E-state index < -0.39 is 0 Å². The van der Waals surface area contributed by atoms with Crippen LogP contribution in [0.3, 0.4) is 0 Å². The van der Waals surface area contributed by atoms with Gasteiger partial charge in [-0.25, -0.2) is 9.37 Å². The van der Waals surface area contributed by atoms with Gasteiger partial charge in [0.2, 0.25) is 0 Å². The second-order valence-electron chi connectivity index (χ2n) is 3.18. The van der Waals surface area contributed by atoms with Crippen molar-refractivity contribution in [2.75, 3.05) is 0 Å². The summed E-state index contributed by atoms with van der Waals surface area (Å²) in [6.07, 6.45) is 1.95. The molecule has 0 fully saturated rings. The molecule has 0 bridgehead atoms. The Kier molecular flexibility index (Phi) is 2.58. The molecule has 0 radical (unpaired) electrons. The van der Waals surface area contributed by atoms with Crippen LogP contribution < -0.4 is 5.56 Å². The van der Waals surface area contributed by atoms with E-state index in [-0.39, 0.29) is 11.4 Å². The average Bonchev–Trinajstić information content (AvgIpc) is 2.22. The molecule has 15 heavy (non-hydrogen) atoms. The van der Waals surface area contributed by atoms with Crippen molar-refractivity contribution in [3.05, 3.63) is 64.1 Å². The highest BCUT2D eigenvalue weighted by molar-refractivity contribution is 5.19. The molecular formula is C11H9FN2O. The third-order valence-electron chi connectivity index (χ3n) is 2.01. The van der Waals surface area contributed by atoms with Gasteiger partial charge >= 0.3 is 0 Å². The van der Waals surface area contributed by atoms with E-state index in [9.17, 15) is 9.18 Å². The largest absolute Gasteiger partial charge is 0.310 e. The number of nitrogens with one attached hydrogen (secondary N) is 1. The van der Waals surface area contributed by atoms with Gasteiger partial charge in [0.15, 0.2) is 0 Å². The predicted octanol–water partition coefficient (Wildman–Crippen LogP) is 1.50. The molecule has 2 rings (SSSR count). The van der Waals surface area contributed by atoms with Gasteiger partial charge in [-0.1, -0.05) is 12.1 Å². The summed E-state index contributed by atoms with van der Waals surface area (Å²) >= 11 is 0. The molecule has 1 aromatic heterocycles. The second kappa shape index (κ2) is 4.04. The fourth-order valence-electron chi connectivity index (χ4n) is 1.30. The van der Waals surface area contributed by atoms with Crippen LogP contribution in [-0.4, -0.2) is 9.97 Å². The highest BCUT2D eigenvalue weighted by atomic mass is 19.1. The molecule has 0 aliphatic heterocycles. The summed E-state index contributed by atoms with van der Waals surface area (Å²) in [5, 5.41) is 0. The van der Waals surface area contributed by atoms with Crippen LogP contribution in [0, 0.1) is 5.82 Å². The van der Waals surface area contributed by atoms with Crippen LogP contribution in [0.5, 0.6) is 0 Å².